The smallest absolute Gasteiger partial charge is 0.315 e. The zero-order valence-electron chi connectivity index (χ0n) is 28.6. The lowest BCUT2D eigenvalue weighted by atomic mass is 9.83. The van der Waals surface area contributed by atoms with Crippen molar-refractivity contribution in [2.75, 3.05) is 12.3 Å². The third-order valence-electron chi connectivity index (χ3n) is 11.0. The van der Waals surface area contributed by atoms with Gasteiger partial charge in [0.05, 0.1) is 16.5 Å². The number of sulfone groups is 1. The summed E-state index contributed by atoms with van der Waals surface area (Å²) in [4.78, 5) is 67.8. The number of ketones is 1. The van der Waals surface area contributed by atoms with E-state index in [1.165, 1.54) is 0 Å². The molecule has 1 heterocycles. The van der Waals surface area contributed by atoms with E-state index in [1.807, 2.05) is 13.8 Å². The van der Waals surface area contributed by atoms with Gasteiger partial charge < -0.3 is 26.6 Å². The first-order chi connectivity index (χ1) is 21.3. The van der Waals surface area contributed by atoms with Crippen LogP contribution in [-0.4, -0.2) is 84.1 Å². The Morgan fingerprint density at radius 2 is 1.54 bits per heavy atom. The van der Waals surface area contributed by atoms with Crippen molar-refractivity contribution in [2.45, 2.75) is 129 Å². The molecule has 1 aliphatic heterocycles. The Bertz CT molecular complexity index is 1310. The summed E-state index contributed by atoms with van der Waals surface area (Å²) in [5.74, 6) is -3.14. The SMILES string of the molecule is CC(C)[C@@H](CS(=O)(=O)C(C)(C)C)NC(=O)N[C@H](C(=O)N1C[C@H]2[C@@H]([C@H]1C(=O)NC(CC1CC1)C(=O)C(N)=O)C2(C)C)C1CCCCC1. The number of likely N-dealkylation sites (tertiary alicyclic amines) is 1. The molecule has 0 aromatic rings. The van der Waals surface area contributed by atoms with Crippen LogP contribution in [-0.2, 0) is 29.0 Å². The van der Waals surface area contributed by atoms with E-state index in [0.29, 0.717) is 13.0 Å². The number of carbonyl (C=O) groups is 5. The monoisotopic (exact) mass is 665 g/mol. The van der Waals surface area contributed by atoms with Crippen molar-refractivity contribution in [2.24, 2.45) is 40.7 Å². The van der Waals surface area contributed by atoms with Crippen LogP contribution in [0.4, 0.5) is 4.79 Å². The number of primary amides is 1. The molecule has 0 radical (unpaired) electrons. The molecule has 260 valence electrons. The van der Waals surface area contributed by atoms with Crippen molar-refractivity contribution in [3.63, 3.8) is 0 Å². The van der Waals surface area contributed by atoms with E-state index in [2.05, 4.69) is 29.8 Å². The minimum atomic E-state index is -3.54. The van der Waals surface area contributed by atoms with E-state index in [4.69, 9.17) is 5.73 Å². The summed E-state index contributed by atoms with van der Waals surface area (Å²) in [6.07, 6.45) is 6.51. The van der Waals surface area contributed by atoms with E-state index >= 15 is 0 Å². The fourth-order valence-electron chi connectivity index (χ4n) is 7.43. The van der Waals surface area contributed by atoms with Crippen molar-refractivity contribution >= 4 is 39.4 Å². The lowest BCUT2D eigenvalue weighted by Crippen LogP contribution is -2.61. The molecule has 0 aromatic carbocycles. The standard InChI is InChI=1S/C33H55N5O7S/c1-18(2)23(17-46(44,45)32(3,4)5)36-31(43)37-25(20-11-9-8-10-12-20)30(42)38-16-21-24(33(21,6)7)26(38)29(41)35-22(15-19-13-14-19)27(39)28(34)40/h18-26H,8-17H2,1-7H3,(H2,34,40)(H,35,41)(H2,36,37,43)/t21-,22?,23+,24-,25-,26-/m0/s1. The summed E-state index contributed by atoms with van der Waals surface area (Å²) in [6.45, 7) is 13.0. The van der Waals surface area contributed by atoms with Crippen LogP contribution in [0.3, 0.4) is 0 Å². The highest BCUT2D eigenvalue weighted by atomic mass is 32.2. The quantitative estimate of drug-likeness (QED) is 0.218. The summed E-state index contributed by atoms with van der Waals surface area (Å²) in [7, 11) is -3.54. The average molecular weight is 666 g/mol. The van der Waals surface area contributed by atoms with Crippen LogP contribution in [0.5, 0.6) is 0 Å². The van der Waals surface area contributed by atoms with Gasteiger partial charge in [-0.05, 0) is 75.0 Å². The Morgan fingerprint density at radius 3 is 2.07 bits per heavy atom. The zero-order valence-corrected chi connectivity index (χ0v) is 29.4. The summed E-state index contributed by atoms with van der Waals surface area (Å²) < 4.78 is 25.0. The number of piperidine rings is 1. The molecule has 13 heteroatoms. The Labute approximate surface area is 274 Å². The second-order valence-electron chi connectivity index (χ2n) is 16.1. The van der Waals surface area contributed by atoms with Crippen LogP contribution in [0.15, 0.2) is 0 Å². The summed E-state index contributed by atoms with van der Waals surface area (Å²) in [5, 5.41) is 8.53. The van der Waals surface area contributed by atoms with Gasteiger partial charge in [-0.3, -0.25) is 19.2 Å². The van der Waals surface area contributed by atoms with Crippen molar-refractivity contribution in [1.29, 1.82) is 0 Å². The molecule has 3 aliphatic carbocycles. The fourth-order valence-corrected chi connectivity index (χ4v) is 8.87. The van der Waals surface area contributed by atoms with Crippen molar-refractivity contribution < 1.29 is 32.4 Å². The number of nitrogens with one attached hydrogen (secondary N) is 3. The molecule has 4 fully saturated rings. The molecule has 0 bridgehead atoms. The number of fused-ring (bicyclic) bond motifs is 1. The van der Waals surface area contributed by atoms with Gasteiger partial charge in [-0.1, -0.05) is 59.8 Å². The number of Topliss-reactive ketones (excluding diaryl/α,β-unsaturated/α-hetero) is 1. The van der Waals surface area contributed by atoms with Gasteiger partial charge >= 0.3 is 6.03 Å². The zero-order chi connectivity index (χ0) is 34.4. The van der Waals surface area contributed by atoms with Gasteiger partial charge in [0.15, 0.2) is 9.84 Å². The van der Waals surface area contributed by atoms with Gasteiger partial charge in [-0.15, -0.1) is 0 Å². The maximum atomic E-state index is 14.4. The largest absolute Gasteiger partial charge is 0.363 e. The highest BCUT2D eigenvalue weighted by molar-refractivity contribution is 7.92. The van der Waals surface area contributed by atoms with Crippen LogP contribution in [0.1, 0.15) is 99.8 Å². The highest BCUT2D eigenvalue weighted by Crippen LogP contribution is 2.65. The lowest BCUT2D eigenvalue weighted by molar-refractivity contribution is -0.144. The van der Waals surface area contributed by atoms with Gasteiger partial charge in [0.1, 0.15) is 12.1 Å². The number of hydrogen-bond acceptors (Lipinski definition) is 7. The molecule has 12 nitrogen and oxygen atoms in total. The van der Waals surface area contributed by atoms with Crippen molar-refractivity contribution in [3.8, 4) is 0 Å². The molecule has 46 heavy (non-hydrogen) atoms. The van der Waals surface area contributed by atoms with Crippen LogP contribution < -0.4 is 21.7 Å². The highest BCUT2D eigenvalue weighted by Gasteiger charge is 2.69. The summed E-state index contributed by atoms with van der Waals surface area (Å²) >= 11 is 0. The molecule has 0 spiro atoms. The Morgan fingerprint density at radius 1 is 0.935 bits per heavy atom. The average Bonchev–Trinajstić information content (AvgIpc) is 3.81. The molecule has 1 saturated heterocycles. The predicted octanol–water partition coefficient (Wildman–Crippen LogP) is 2.29. The van der Waals surface area contributed by atoms with E-state index in [-0.39, 0.29) is 46.7 Å². The van der Waals surface area contributed by atoms with Gasteiger partial charge in [-0.25, -0.2) is 13.2 Å². The number of nitrogens with zero attached hydrogens (tertiary/aromatic N) is 1. The van der Waals surface area contributed by atoms with E-state index in [0.717, 1.165) is 44.9 Å². The molecule has 4 rings (SSSR count). The number of rotatable bonds is 13. The minimum Gasteiger partial charge on any atom is -0.363 e. The minimum absolute atomic E-state index is 0.0784. The van der Waals surface area contributed by atoms with Crippen molar-refractivity contribution in [1.82, 2.24) is 20.9 Å². The number of amides is 5. The molecular formula is C33H55N5O7S. The first kappa shape index (κ1) is 36.1. The number of nitrogens with two attached hydrogens (primary N) is 1. The molecule has 0 aromatic heterocycles. The molecule has 1 unspecified atom stereocenters. The second kappa shape index (κ2) is 13.4. The van der Waals surface area contributed by atoms with Crippen molar-refractivity contribution in [3.05, 3.63) is 0 Å². The lowest BCUT2D eigenvalue weighted by Gasteiger charge is -2.37. The maximum absolute atomic E-state index is 14.4. The van der Waals surface area contributed by atoms with E-state index < -0.39 is 62.4 Å². The fraction of sp³-hybridized carbons (Fsp3) is 0.848. The van der Waals surface area contributed by atoms with Crippen LogP contribution >= 0.6 is 0 Å². The normalized spacial score (nSPS) is 26.4. The number of carbonyl (C=O) groups excluding carboxylic acids is 5. The van der Waals surface area contributed by atoms with Gasteiger partial charge in [-0.2, -0.15) is 0 Å². The topological polar surface area (TPSA) is 185 Å². The molecule has 5 N–H and O–H groups in total. The summed E-state index contributed by atoms with van der Waals surface area (Å²) in [5.41, 5.74) is 5.12. The summed E-state index contributed by atoms with van der Waals surface area (Å²) in [6, 6.07) is -4.08. The first-order valence-corrected chi connectivity index (χ1v) is 18.6. The first-order valence-electron chi connectivity index (χ1n) is 17.0. The number of urea groups is 1. The molecule has 6 atom stereocenters. The molecule has 5 amide bonds. The van der Waals surface area contributed by atoms with Gasteiger partial charge in [0, 0.05) is 12.6 Å². The maximum Gasteiger partial charge on any atom is 0.315 e. The Kier molecular flexibility index (Phi) is 10.6. The number of hydrogen-bond donors (Lipinski definition) is 4. The van der Waals surface area contributed by atoms with E-state index in [9.17, 15) is 32.4 Å². The Balaban J connectivity index is 1.55. The predicted molar refractivity (Wildman–Crippen MR) is 174 cm³/mol. The molecular weight excluding hydrogens is 610 g/mol. The van der Waals surface area contributed by atoms with Crippen LogP contribution in [0.25, 0.3) is 0 Å². The van der Waals surface area contributed by atoms with E-state index in [1.54, 1.807) is 25.7 Å². The second-order valence-corrected chi connectivity index (χ2v) is 18.9. The van der Waals surface area contributed by atoms with Crippen LogP contribution in [0, 0.1) is 35.0 Å². The third kappa shape index (κ3) is 7.87. The van der Waals surface area contributed by atoms with Gasteiger partial charge in [0.25, 0.3) is 5.91 Å². The van der Waals surface area contributed by atoms with Gasteiger partial charge in [0.2, 0.25) is 17.6 Å². The Hall–Kier alpha value is -2.70. The molecule has 3 saturated carbocycles. The van der Waals surface area contributed by atoms with Crippen LogP contribution in [0.2, 0.25) is 0 Å². The third-order valence-corrected chi connectivity index (χ3v) is 13.7. The molecule has 4 aliphatic rings.